The summed E-state index contributed by atoms with van der Waals surface area (Å²) in [6, 6.07) is -0.776. The van der Waals surface area contributed by atoms with Crippen molar-refractivity contribution in [2.45, 2.75) is 122 Å². The van der Waals surface area contributed by atoms with Gasteiger partial charge in [0.05, 0.1) is 13.1 Å². The van der Waals surface area contributed by atoms with E-state index in [9.17, 15) is 43.5 Å². The Morgan fingerprint density at radius 3 is 1.94 bits per heavy atom. The minimum atomic E-state index is -1.41. The van der Waals surface area contributed by atoms with Crippen LogP contribution in [0.2, 0.25) is 0 Å². The fourth-order valence-electron chi connectivity index (χ4n) is 6.91. The zero-order chi connectivity index (χ0) is 49.0. The van der Waals surface area contributed by atoms with Gasteiger partial charge in [-0.3, -0.25) is 38.6 Å². The molecule has 5 atom stereocenters. The molecular weight excluding hydrogens is 857 g/mol. The Labute approximate surface area is 386 Å². The van der Waals surface area contributed by atoms with Crippen molar-refractivity contribution >= 4 is 53.3 Å². The lowest BCUT2D eigenvalue weighted by molar-refractivity contribution is -0.139. The highest BCUT2D eigenvalue weighted by Gasteiger charge is 2.33. The van der Waals surface area contributed by atoms with Crippen LogP contribution < -0.4 is 65.5 Å². The summed E-state index contributed by atoms with van der Waals surface area (Å²) in [6.07, 6.45) is 4.54. The molecule has 0 aliphatic carbocycles. The minimum absolute atomic E-state index is 0.0356. The maximum absolute atomic E-state index is 14.1. The zero-order valence-electron chi connectivity index (χ0n) is 38.6. The van der Waals surface area contributed by atoms with Crippen molar-refractivity contribution in [1.82, 2.24) is 47.4 Å². The molecule has 0 spiro atoms. The Morgan fingerprint density at radius 2 is 1.32 bits per heavy atom. The molecule has 1 aromatic rings. The average molecular weight is 931 g/mol. The summed E-state index contributed by atoms with van der Waals surface area (Å²) < 4.78 is 0. The first-order valence-electron chi connectivity index (χ1n) is 22.8. The van der Waals surface area contributed by atoms with Gasteiger partial charge in [0.1, 0.15) is 36.0 Å². The first-order chi connectivity index (χ1) is 31.4. The number of urea groups is 1. The molecule has 0 bridgehead atoms. The van der Waals surface area contributed by atoms with E-state index in [1.807, 2.05) is 13.8 Å². The van der Waals surface area contributed by atoms with Gasteiger partial charge >= 0.3 is 6.03 Å². The Hall–Kier alpha value is -6.23. The van der Waals surface area contributed by atoms with Gasteiger partial charge in [0.15, 0.2) is 5.96 Å². The minimum Gasteiger partial charge on any atom is -0.508 e. The van der Waals surface area contributed by atoms with Crippen LogP contribution in [0.4, 0.5) is 4.79 Å². The standard InChI is InChI=1S/C43H74N14O9/c1-4-10-30-37(61)55-33(23-28-13-15-29(58)16-14-28)39(63)56-34(24-44)40(64)54-32(17-12-27(2)3)41(65)57(26-35(45)59)22-21-51-43(66)50-19-8-6-5-7-18-48-25-36(60)52-31(38(62)53-30)11-9-20-49-42(46)47/h13-16,27,30-34,48,58H,4-12,17-26,44H2,1-3H3,(H2,45,59)(H,52,60)(H,53,62)(H,54,64)(H,55,61)(H,56,63)(H4,46,47,49)(H2,50,51,66)/t30-,31-,32-,33-,34-/m0/s1. The number of hydrogen-bond acceptors (Lipinski definition) is 12. The lowest BCUT2D eigenvalue weighted by Gasteiger charge is -2.29. The number of benzene rings is 1. The predicted molar refractivity (Wildman–Crippen MR) is 248 cm³/mol. The second-order valence-corrected chi connectivity index (χ2v) is 16.7. The highest BCUT2D eigenvalue weighted by Crippen LogP contribution is 2.14. The third kappa shape index (κ3) is 22.6. The molecule has 1 aromatic carbocycles. The van der Waals surface area contributed by atoms with Crippen LogP contribution in [-0.4, -0.2) is 146 Å². The van der Waals surface area contributed by atoms with Gasteiger partial charge in [0, 0.05) is 39.1 Å². The van der Waals surface area contributed by atoms with Crippen LogP contribution in [-0.2, 0) is 40.0 Å². The lowest BCUT2D eigenvalue weighted by atomic mass is 10.0. The van der Waals surface area contributed by atoms with Crippen molar-refractivity contribution in [3.63, 3.8) is 0 Å². The largest absolute Gasteiger partial charge is 0.508 e. The summed E-state index contributed by atoms with van der Waals surface area (Å²) in [4.78, 5) is 113. The number of aromatic hydroxyl groups is 1. The number of amides is 9. The van der Waals surface area contributed by atoms with Crippen molar-refractivity contribution in [2.24, 2.45) is 33.8 Å². The van der Waals surface area contributed by atoms with Gasteiger partial charge in [-0.2, -0.15) is 0 Å². The summed E-state index contributed by atoms with van der Waals surface area (Å²) in [6.45, 7) is 5.57. The van der Waals surface area contributed by atoms with Crippen molar-refractivity contribution in [1.29, 1.82) is 0 Å². The molecule has 17 N–H and O–H groups in total. The van der Waals surface area contributed by atoms with Crippen LogP contribution in [0.25, 0.3) is 0 Å². The first-order valence-corrected chi connectivity index (χ1v) is 22.8. The third-order valence-corrected chi connectivity index (χ3v) is 10.5. The van der Waals surface area contributed by atoms with Crippen LogP contribution in [0.1, 0.15) is 90.5 Å². The number of phenols is 1. The third-order valence-electron chi connectivity index (χ3n) is 10.5. The average Bonchev–Trinajstić information content (AvgIpc) is 3.26. The molecule has 1 aliphatic heterocycles. The van der Waals surface area contributed by atoms with Crippen LogP contribution in [0.15, 0.2) is 29.3 Å². The Kier molecular flexibility index (Phi) is 26.1. The van der Waals surface area contributed by atoms with Crippen LogP contribution in [0.3, 0.4) is 0 Å². The maximum Gasteiger partial charge on any atom is 0.314 e. The van der Waals surface area contributed by atoms with E-state index in [-0.39, 0.29) is 69.5 Å². The second-order valence-electron chi connectivity index (χ2n) is 16.7. The number of carbonyl (C=O) groups is 8. The van der Waals surface area contributed by atoms with E-state index >= 15 is 0 Å². The number of primary amides is 1. The Bertz CT molecular complexity index is 1760. The Morgan fingerprint density at radius 1 is 0.742 bits per heavy atom. The molecule has 0 saturated carbocycles. The molecule has 370 valence electrons. The smallest absolute Gasteiger partial charge is 0.314 e. The van der Waals surface area contributed by atoms with Crippen LogP contribution >= 0.6 is 0 Å². The number of carbonyl (C=O) groups excluding carboxylic acids is 8. The number of aliphatic imine (C=N–C) groups is 1. The van der Waals surface area contributed by atoms with Gasteiger partial charge < -0.3 is 75.5 Å². The summed E-state index contributed by atoms with van der Waals surface area (Å²) in [5, 5.41) is 31.8. The number of phenolic OH excluding ortho intramolecular Hbond substituents is 1. The molecular formula is C43H74N14O9. The van der Waals surface area contributed by atoms with Crippen molar-refractivity contribution in [3.8, 4) is 5.75 Å². The van der Waals surface area contributed by atoms with E-state index in [1.165, 1.54) is 12.1 Å². The van der Waals surface area contributed by atoms with Crippen LogP contribution in [0, 0.1) is 5.92 Å². The predicted octanol–water partition coefficient (Wildman–Crippen LogP) is -2.62. The Balaban J connectivity index is 2.51. The molecule has 1 saturated heterocycles. The summed E-state index contributed by atoms with van der Waals surface area (Å²) >= 11 is 0. The molecule has 0 aromatic heterocycles. The van der Waals surface area contributed by atoms with E-state index in [0.717, 1.165) is 24.2 Å². The number of nitrogens with one attached hydrogen (secondary N) is 8. The number of nitrogens with zero attached hydrogens (tertiary/aromatic N) is 2. The normalized spacial score (nSPS) is 22.3. The molecule has 66 heavy (non-hydrogen) atoms. The molecule has 1 heterocycles. The molecule has 0 unspecified atom stereocenters. The molecule has 9 amide bonds. The molecule has 23 nitrogen and oxygen atoms in total. The monoisotopic (exact) mass is 931 g/mol. The second kappa shape index (κ2) is 30.8. The number of nitrogens with two attached hydrogens (primary N) is 4. The van der Waals surface area contributed by atoms with E-state index < -0.39 is 90.7 Å². The van der Waals surface area contributed by atoms with Crippen molar-refractivity contribution < 1.29 is 43.5 Å². The number of rotatable bonds is 14. The highest BCUT2D eigenvalue weighted by molar-refractivity contribution is 5.97. The summed E-state index contributed by atoms with van der Waals surface area (Å²) in [5.41, 5.74) is 23.0. The summed E-state index contributed by atoms with van der Waals surface area (Å²) in [7, 11) is 0. The van der Waals surface area contributed by atoms with Gasteiger partial charge in [-0.25, -0.2) is 4.79 Å². The van der Waals surface area contributed by atoms with Gasteiger partial charge in [0.25, 0.3) is 0 Å². The van der Waals surface area contributed by atoms with E-state index in [2.05, 4.69) is 47.5 Å². The van der Waals surface area contributed by atoms with Gasteiger partial charge in [-0.15, -0.1) is 0 Å². The molecule has 23 heteroatoms. The van der Waals surface area contributed by atoms with Gasteiger partial charge in [0.2, 0.25) is 41.4 Å². The van der Waals surface area contributed by atoms with Gasteiger partial charge in [-0.05, 0) is 75.1 Å². The van der Waals surface area contributed by atoms with E-state index in [1.54, 1.807) is 19.1 Å². The van der Waals surface area contributed by atoms with Crippen LogP contribution in [0.5, 0.6) is 5.75 Å². The van der Waals surface area contributed by atoms with Gasteiger partial charge in [-0.1, -0.05) is 52.2 Å². The fraction of sp³-hybridized carbons (Fsp3) is 0.651. The van der Waals surface area contributed by atoms with Crippen molar-refractivity contribution in [2.75, 3.05) is 52.4 Å². The maximum atomic E-state index is 14.1. The van der Waals surface area contributed by atoms with Crippen molar-refractivity contribution in [3.05, 3.63) is 29.8 Å². The lowest BCUT2D eigenvalue weighted by Crippen LogP contribution is -2.61. The zero-order valence-corrected chi connectivity index (χ0v) is 38.6. The quantitative estimate of drug-likeness (QED) is 0.0517. The fourth-order valence-corrected chi connectivity index (χ4v) is 6.91. The number of guanidine groups is 1. The molecule has 1 aliphatic rings. The number of hydrogen-bond donors (Lipinski definition) is 13. The molecule has 1 fully saturated rings. The molecule has 0 radical (unpaired) electrons. The summed E-state index contributed by atoms with van der Waals surface area (Å²) in [5.74, 6) is -5.01. The highest BCUT2D eigenvalue weighted by atomic mass is 16.3. The van der Waals surface area contributed by atoms with E-state index in [4.69, 9.17) is 22.9 Å². The topological polar surface area (TPSA) is 373 Å². The SMILES string of the molecule is CCC[C@@H]1NC(=O)[C@H](CCCN=C(N)N)NC(=O)CNCCCCCCNC(=O)NCCN(CC(N)=O)C(=O)[C@H](CCC(C)C)NC(=O)[C@H](CN)NC(=O)[C@H](Cc2ccc(O)cc2)NC1=O. The molecule has 2 rings (SSSR count). The first kappa shape index (κ1) is 55.9. The van der Waals surface area contributed by atoms with E-state index in [0.29, 0.717) is 44.3 Å².